The average Bonchev–Trinajstić information content (AvgIpc) is 2.77. The third-order valence-electron chi connectivity index (χ3n) is 4.99. The summed E-state index contributed by atoms with van der Waals surface area (Å²) in [7, 11) is 3.27. The number of methoxy groups -OCH3 is 2. The number of hydrogen-bond acceptors (Lipinski definition) is 6. The quantitative estimate of drug-likeness (QED) is 0.708. The van der Waals surface area contributed by atoms with E-state index in [1.807, 2.05) is 24.3 Å². The number of aromatic nitrogens is 2. The first-order valence-electron chi connectivity index (χ1n) is 9.36. The van der Waals surface area contributed by atoms with Gasteiger partial charge in [0.1, 0.15) is 5.82 Å². The van der Waals surface area contributed by atoms with Gasteiger partial charge in [0.05, 0.1) is 14.2 Å². The molecule has 6 heteroatoms. The van der Waals surface area contributed by atoms with Gasteiger partial charge in [-0.15, -0.1) is 0 Å². The Morgan fingerprint density at radius 1 is 1.00 bits per heavy atom. The number of fused-ring (bicyclic) bond motifs is 1. The number of nitrogens with one attached hydrogen (secondary N) is 1. The molecule has 2 aromatic carbocycles. The fraction of sp³-hybridized carbons (Fsp3) is 0.273. The highest BCUT2D eigenvalue weighted by Crippen LogP contribution is 2.28. The smallest absolute Gasteiger partial charge is 0.224 e. The minimum atomic E-state index is 0.604. The first-order chi connectivity index (χ1) is 13.8. The molecule has 4 rings (SSSR count). The molecule has 144 valence electrons. The second-order valence-corrected chi connectivity index (χ2v) is 6.72. The average molecular weight is 376 g/mol. The Bertz CT molecular complexity index is 961. The van der Waals surface area contributed by atoms with Crippen LogP contribution in [0.5, 0.6) is 11.5 Å². The summed E-state index contributed by atoms with van der Waals surface area (Å²) >= 11 is 0. The van der Waals surface area contributed by atoms with Gasteiger partial charge in [0, 0.05) is 25.8 Å². The molecule has 3 aromatic rings. The number of benzene rings is 2. The molecule has 0 saturated heterocycles. The molecule has 6 nitrogen and oxygen atoms in total. The lowest BCUT2D eigenvalue weighted by molar-refractivity contribution is 0.354. The van der Waals surface area contributed by atoms with Crippen molar-refractivity contribution in [3.8, 4) is 11.5 Å². The van der Waals surface area contributed by atoms with Gasteiger partial charge in [-0.05, 0) is 41.3 Å². The van der Waals surface area contributed by atoms with E-state index in [1.165, 1.54) is 11.1 Å². The third-order valence-corrected chi connectivity index (χ3v) is 4.99. The van der Waals surface area contributed by atoms with Gasteiger partial charge in [-0.3, -0.25) is 0 Å². The Labute approximate surface area is 165 Å². The molecule has 28 heavy (non-hydrogen) atoms. The summed E-state index contributed by atoms with van der Waals surface area (Å²) in [6, 6.07) is 16.4. The van der Waals surface area contributed by atoms with Crippen LogP contribution in [-0.2, 0) is 19.5 Å². The standard InChI is InChI=1S/C22H24N4O2/c1-27-19-8-7-16(13-20(19)28-2)14-24-22-23-11-9-21(25-22)26-12-10-17-5-3-4-6-18(17)15-26/h3-9,11,13H,10,12,14-15H2,1-2H3,(H,23,24,25). The van der Waals surface area contributed by atoms with Crippen LogP contribution in [-0.4, -0.2) is 30.7 Å². The van der Waals surface area contributed by atoms with Gasteiger partial charge in [0.25, 0.3) is 0 Å². The lowest BCUT2D eigenvalue weighted by atomic mass is 10.00. The van der Waals surface area contributed by atoms with Crippen LogP contribution in [0.2, 0.25) is 0 Å². The minimum Gasteiger partial charge on any atom is -0.493 e. The summed E-state index contributed by atoms with van der Waals surface area (Å²) in [5, 5.41) is 3.30. The number of hydrogen-bond donors (Lipinski definition) is 1. The third kappa shape index (κ3) is 3.86. The maximum absolute atomic E-state index is 5.37. The highest BCUT2D eigenvalue weighted by Gasteiger charge is 2.17. The van der Waals surface area contributed by atoms with Crippen LogP contribution < -0.4 is 19.7 Å². The van der Waals surface area contributed by atoms with Gasteiger partial charge < -0.3 is 19.7 Å². The van der Waals surface area contributed by atoms with Gasteiger partial charge in [-0.25, -0.2) is 4.98 Å². The summed E-state index contributed by atoms with van der Waals surface area (Å²) in [5.74, 6) is 2.99. The molecule has 1 aliphatic rings. The van der Waals surface area contributed by atoms with E-state index in [9.17, 15) is 0 Å². The molecule has 1 aliphatic heterocycles. The van der Waals surface area contributed by atoms with Gasteiger partial charge in [0.2, 0.25) is 5.95 Å². The van der Waals surface area contributed by atoms with Crippen molar-refractivity contribution in [3.63, 3.8) is 0 Å². The molecule has 0 bridgehead atoms. The summed E-state index contributed by atoms with van der Waals surface area (Å²) in [4.78, 5) is 11.4. The topological polar surface area (TPSA) is 59.5 Å². The summed E-state index contributed by atoms with van der Waals surface area (Å²) in [5.41, 5.74) is 3.87. The molecule has 1 N–H and O–H groups in total. The number of rotatable bonds is 6. The predicted molar refractivity (Wildman–Crippen MR) is 110 cm³/mol. The lowest BCUT2D eigenvalue weighted by Crippen LogP contribution is -2.31. The second-order valence-electron chi connectivity index (χ2n) is 6.72. The zero-order chi connectivity index (χ0) is 19.3. The number of ether oxygens (including phenoxy) is 2. The maximum atomic E-state index is 5.37. The maximum Gasteiger partial charge on any atom is 0.224 e. The summed E-state index contributed by atoms with van der Waals surface area (Å²) in [6.07, 6.45) is 2.84. The molecule has 0 amide bonds. The molecule has 0 radical (unpaired) electrons. The summed E-state index contributed by atoms with van der Waals surface area (Å²) in [6.45, 7) is 2.44. The molecule has 0 fully saturated rings. The van der Waals surface area contributed by atoms with Crippen molar-refractivity contribution < 1.29 is 9.47 Å². The zero-order valence-corrected chi connectivity index (χ0v) is 16.2. The molecular weight excluding hydrogens is 352 g/mol. The molecule has 0 saturated carbocycles. The fourth-order valence-corrected chi connectivity index (χ4v) is 3.47. The van der Waals surface area contributed by atoms with Crippen LogP contribution in [0.15, 0.2) is 54.7 Å². The van der Waals surface area contributed by atoms with Crippen molar-refractivity contribution in [1.82, 2.24) is 9.97 Å². The fourth-order valence-electron chi connectivity index (χ4n) is 3.47. The largest absolute Gasteiger partial charge is 0.493 e. The molecule has 1 aromatic heterocycles. The van der Waals surface area contributed by atoms with Crippen LogP contribution in [0.25, 0.3) is 0 Å². The molecule has 2 heterocycles. The van der Waals surface area contributed by atoms with E-state index in [-0.39, 0.29) is 0 Å². The van der Waals surface area contributed by atoms with Crippen molar-refractivity contribution in [2.75, 3.05) is 31.0 Å². The molecule has 0 unspecified atom stereocenters. The van der Waals surface area contributed by atoms with E-state index in [2.05, 4.69) is 39.5 Å². The van der Waals surface area contributed by atoms with Gasteiger partial charge in [0.15, 0.2) is 11.5 Å². The van der Waals surface area contributed by atoms with Crippen LogP contribution in [0.1, 0.15) is 16.7 Å². The van der Waals surface area contributed by atoms with Crippen molar-refractivity contribution in [1.29, 1.82) is 0 Å². The van der Waals surface area contributed by atoms with E-state index < -0.39 is 0 Å². The monoisotopic (exact) mass is 376 g/mol. The summed E-state index contributed by atoms with van der Waals surface area (Å²) < 4.78 is 10.7. The SMILES string of the molecule is COc1ccc(CNc2nccc(N3CCc4ccccc4C3)n2)cc1OC. The molecule has 0 atom stereocenters. The van der Waals surface area contributed by atoms with Crippen molar-refractivity contribution in [2.24, 2.45) is 0 Å². The Morgan fingerprint density at radius 2 is 1.82 bits per heavy atom. The van der Waals surface area contributed by atoms with Crippen LogP contribution in [0.4, 0.5) is 11.8 Å². The first-order valence-corrected chi connectivity index (χ1v) is 9.36. The van der Waals surface area contributed by atoms with Gasteiger partial charge in [-0.2, -0.15) is 4.98 Å². The Kier molecular flexibility index (Phi) is 5.28. The Morgan fingerprint density at radius 3 is 2.64 bits per heavy atom. The number of nitrogens with zero attached hydrogens (tertiary/aromatic N) is 3. The molecular formula is C22H24N4O2. The second kappa shape index (κ2) is 8.17. The van der Waals surface area contributed by atoms with Crippen molar-refractivity contribution in [2.45, 2.75) is 19.5 Å². The van der Waals surface area contributed by atoms with E-state index >= 15 is 0 Å². The van der Waals surface area contributed by atoms with Crippen LogP contribution in [0, 0.1) is 0 Å². The van der Waals surface area contributed by atoms with E-state index in [0.717, 1.165) is 36.6 Å². The van der Waals surface area contributed by atoms with Crippen LogP contribution >= 0.6 is 0 Å². The first kappa shape index (κ1) is 18.1. The number of anilines is 2. The molecule has 0 aliphatic carbocycles. The van der Waals surface area contributed by atoms with Gasteiger partial charge in [-0.1, -0.05) is 30.3 Å². The molecule has 0 spiro atoms. The van der Waals surface area contributed by atoms with Crippen molar-refractivity contribution in [3.05, 3.63) is 71.4 Å². The van der Waals surface area contributed by atoms with Crippen molar-refractivity contribution >= 4 is 11.8 Å². The highest BCUT2D eigenvalue weighted by molar-refractivity contribution is 5.47. The van der Waals surface area contributed by atoms with E-state index in [4.69, 9.17) is 14.5 Å². The van der Waals surface area contributed by atoms with Gasteiger partial charge >= 0.3 is 0 Å². The normalized spacial score (nSPS) is 13.0. The lowest BCUT2D eigenvalue weighted by Gasteiger charge is -2.29. The Balaban J connectivity index is 1.45. The van der Waals surface area contributed by atoms with Crippen LogP contribution in [0.3, 0.4) is 0 Å². The highest BCUT2D eigenvalue weighted by atomic mass is 16.5. The minimum absolute atomic E-state index is 0.604. The Hall–Kier alpha value is -3.28. The van der Waals surface area contributed by atoms with E-state index in [1.54, 1.807) is 20.4 Å². The van der Waals surface area contributed by atoms with E-state index in [0.29, 0.717) is 18.2 Å². The zero-order valence-electron chi connectivity index (χ0n) is 16.2. The predicted octanol–water partition coefficient (Wildman–Crippen LogP) is 3.67.